The van der Waals surface area contributed by atoms with Crippen molar-refractivity contribution in [3.8, 4) is 11.1 Å². The van der Waals surface area contributed by atoms with Crippen LogP contribution >= 0.6 is 11.3 Å². The van der Waals surface area contributed by atoms with Crippen LogP contribution in [0.4, 0.5) is 0 Å². The number of hydrogen-bond acceptors (Lipinski definition) is 3. The van der Waals surface area contributed by atoms with Crippen LogP contribution < -0.4 is 5.32 Å². The van der Waals surface area contributed by atoms with E-state index in [1.165, 1.54) is 0 Å². The lowest BCUT2D eigenvalue weighted by molar-refractivity contribution is 0.0764. The first-order valence-electron chi connectivity index (χ1n) is 8.46. The van der Waals surface area contributed by atoms with Crippen LogP contribution in [0.5, 0.6) is 0 Å². The fraction of sp³-hybridized carbons (Fsp3) is 0.421. The third-order valence-corrected chi connectivity index (χ3v) is 6.15. The molecule has 1 N–H and O–H groups in total. The normalized spacial score (nSPS) is 24.3. The fourth-order valence-corrected chi connectivity index (χ4v) is 4.77. The van der Waals surface area contributed by atoms with E-state index in [1.807, 2.05) is 23.6 Å². The highest BCUT2D eigenvalue weighted by molar-refractivity contribution is 7.12. The van der Waals surface area contributed by atoms with Crippen LogP contribution in [0.2, 0.25) is 0 Å². The van der Waals surface area contributed by atoms with E-state index in [-0.39, 0.29) is 5.91 Å². The molecule has 0 spiro atoms. The standard InChI is InChI=1S/C19H22N2OS/c22-19(21-9-6-15-12-20-13-16(15)7-10-21)18-17(8-11-23-18)14-4-2-1-3-5-14/h1-5,8,11,15-16,20H,6-7,9-10,12-13H2/t15-,16+. The molecule has 4 rings (SSSR count). The van der Waals surface area contributed by atoms with Crippen LogP contribution in [0, 0.1) is 11.8 Å². The minimum atomic E-state index is 0.215. The molecule has 2 aliphatic rings. The van der Waals surface area contributed by atoms with E-state index in [2.05, 4.69) is 28.4 Å². The molecule has 0 radical (unpaired) electrons. The Morgan fingerprint density at radius 2 is 1.74 bits per heavy atom. The summed E-state index contributed by atoms with van der Waals surface area (Å²) >= 11 is 1.57. The molecule has 1 amide bonds. The van der Waals surface area contributed by atoms with E-state index in [4.69, 9.17) is 0 Å². The van der Waals surface area contributed by atoms with Crippen molar-refractivity contribution < 1.29 is 4.79 Å². The van der Waals surface area contributed by atoms with Crippen molar-refractivity contribution >= 4 is 17.2 Å². The Balaban J connectivity index is 1.55. The number of fused-ring (bicyclic) bond motifs is 1. The van der Waals surface area contributed by atoms with Gasteiger partial charge >= 0.3 is 0 Å². The van der Waals surface area contributed by atoms with Crippen molar-refractivity contribution in [2.75, 3.05) is 26.2 Å². The van der Waals surface area contributed by atoms with Crippen molar-refractivity contribution in [2.24, 2.45) is 11.8 Å². The van der Waals surface area contributed by atoms with Gasteiger partial charge in [0.05, 0.1) is 4.88 Å². The Kier molecular flexibility index (Phi) is 4.19. The van der Waals surface area contributed by atoms with E-state index >= 15 is 0 Å². The maximum absolute atomic E-state index is 13.0. The molecule has 2 aliphatic heterocycles. The second-order valence-corrected chi connectivity index (χ2v) is 7.49. The zero-order valence-corrected chi connectivity index (χ0v) is 14.0. The van der Waals surface area contributed by atoms with Gasteiger partial charge in [-0.3, -0.25) is 4.79 Å². The first kappa shape index (κ1) is 14.9. The predicted molar refractivity (Wildman–Crippen MR) is 94.7 cm³/mol. The molecular weight excluding hydrogens is 304 g/mol. The van der Waals surface area contributed by atoms with Gasteiger partial charge in [-0.15, -0.1) is 11.3 Å². The van der Waals surface area contributed by atoms with Gasteiger partial charge in [0.25, 0.3) is 5.91 Å². The van der Waals surface area contributed by atoms with Gasteiger partial charge in [-0.2, -0.15) is 0 Å². The second-order valence-electron chi connectivity index (χ2n) is 6.58. The zero-order chi connectivity index (χ0) is 15.6. The summed E-state index contributed by atoms with van der Waals surface area (Å²) in [6, 6.07) is 12.3. The highest BCUT2D eigenvalue weighted by atomic mass is 32.1. The maximum Gasteiger partial charge on any atom is 0.264 e. The molecule has 0 aliphatic carbocycles. The summed E-state index contributed by atoms with van der Waals surface area (Å²) in [5.41, 5.74) is 2.21. The van der Waals surface area contributed by atoms with E-state index < -0.39 is 0 Å². The second kappa shape index (κ2) is 6.46. The fourth-order valence-electron chi connectivity index (χ4n) is 3.88. The van der Waals surface area contributed by atoms with Gasteiger partial charge in [0.2, 0.25) is 0 Å². The maximum atomic E-state index is 13.0. The molecule has 120 valence electrons. The third-order valence-electron chi connectivity index (χ3n) is 5.25. The quantitative estimate of drug-likeness (QED) is 0.916. The van der Waals surface area contributed by atoms with Gasteiger partial charge in [-0.25, -0.2) is 0 Å². The monoisotopic (exact) mass is 326 g/mol. The minimum absolute atomic E-state index is 0.215. The first-order valence-corrected chi connectivity index (χ1v) is 9.34. The SMILES string of the molecule is O=C(c1sccc1-c1ccccc1)N1CC[C@@H]2CNC[C@@H]2CC1. The smallest absolute Gasteiger partial charge is 0.264 e. The highest BCUT2D eigenvalue weighted by Crippen LogP contribution is 2.32. The van der Waals surface area contributed by atoms with Gasteiger partial charge in [0.1, 0.15) is 0 Å². The van der Waals surface area contributed by atoms with Crippen LogP contribution in [0.25, 0.3) is 11.1 Å². The van der Waals surface area contributed by atoms with E-state index in [9.17, 15) is 4.79 Å². The van der Waals surface area contributed by atoms with Crippen LogP contribution in [0.1, 0.15) is 22.5 Å². The topological polar surface area (TPSA) is 32.3 Å². The van der Waals surface area contributed by atoms with E-state index in [1.54, 1.807) is 11.3 Å². The lowest BCUT2D eigenvalue weighted by Crippen LogP contribution is -2.32. The number of nitrogens with zero attached hydrogens (tertiary/aromatic N) is 1. The molecule has 2 saturated heterocycles. The van der Waals surface area contributed by atoms with Gasteiger partial charge < -0.3 is 10.2 Å². The molecule has 0 unspecified atom stereocenters. The zero-order valence-electron chi connectivity index (χ0n) is 13.2. The number of benzene rings is 1. The molecule has 0 bridgehead atoms. The van der Waals surface area contributed by atoms with Crippen molar-refractivity contribution in [3.05, 3.63) is 46.7 Å². The molecule has 4 heteroatoms. The van der Waals surface area contributed by atoms with Gasteiger partial charge in [0.15, 0.2) is 0 Å². The molecule has 3 heterocycles. The third kappa shape index (κ3) is 2.93. The number of hydrogen-bond donors (Lipinski definition) is 1. The number of carbonyl (C=O) groups is 1. The molecule has 3 nitrogen and oxygen atoms in total. The van der Waals surface area contributed by atoms with Crippen LogP contribution in [-0.2, 0) is 0 Å². The van der Waals surface area contributed by atoms with Crippen LogP contribution in [0.15, 0.2) is 41.8 Å². The molecular formula is C19H22N2OS. The highest BCUT2D eigenvalue weighted by Gasteiger charge is 2.32. The number of nitrogens with one attached hydrogen (secondary N) is 1. The number of carbonyl (C=O) groups excluding carboxylic acids is 1. The number of amides is 1. The van der Waals surface area contributed by atoms with Crippen molar-refractivity contribution in [3.63, 3.8) is 0 Å². The van der Waals surface area contributed by atoms with Crippen molar-refractivity contribution in [2.45, 2.75) is 12.8 Å². The molecule has 1 aromatic carbocycles. The Morgan fingerprint density at radius 1 is 1.04 bits per heavy atom. The Hall–Kier alpha value is -1.65. The Labute approximate surface area is 141 Å². The Morgan fingerprint density at radius 3 is 2.43 bits per heavy atom. The van der Waals surface area contributed by atoms with Gasteiger partial charge in [0, 0.05) is 18.7 Å². The Bertz CT molecular complexity index is 668. The van der Waals surface area contributed by atoms with Crippen LogP contribution in [0.3, 0.4) is 0 Å². The van der Waals surface area contributed by atoms with Gasteiger partial charge in [-0.1, -0.05) is 30.3 Å². The molecule has 23 heavy (non-hydrogen) atoms. The minimum Gasteiger partial charge on any atom is -0.338 e. The summed E-state index contributed by atoms with van der Waals surface area (Å²) in [6.07, 6.45) is 2.27. The largest absolute Gasteiger partial charge is 0.338 e. The van der Waals surface area contributed by atoms with E-state index in [0.717, 1.165) is 66.9 Å². The summed E-state index contributed by atoms with van der Waals surface area (Å²) < 4.78 is 0. The van der Waals surface area contributed by atoms with E-state index in [0.29, 0.717) is 0 Å². The first-order chi connectivity index (χ1) is 11.3. The van der Waals surface area contributed by atoms with Crippen LogP contribution in [-0.4, -0.2) is 37.0 Å². The summed E-state index contributed by atoms with van der Waals surface area (Å²) in [5, 5.41) is 5.53. The average Bonchev–Trinajstić information content (AvgIpc) is 3.21. The predicted octanol–water partition coefficient (Wildman–Crippen LogP) is 3.49. The molecule has 2 fully saturated rings. The molecule has 2 atom stereocenters. The van der Waals surface area contributed by atoms with Crippen molar-refractivity contribution in [1.82, 2.24) is 10.2 Å². The van der Waals surface area contributed by atoms with Gasteiger partial charge in [-0.05, 0) is 54.8 Å². The lowest BCUT2D eigenvalue weighted by Gasteiger charge is -2.21. The molecule has 0 saturated carbocycles. The summed E-state index contributed by atoms with van der Waals surface area (Å²) in [4.78, 5) is 16.0. The average molecular weight is 326 g/mol. The number of thiophene rings is 1. The molecule has 1 aromatic heterocycles. The number of likely N-dealkylation sites (tertiary alicyclic amines) is 1. The van der Waals surface area contributed by atoms with Crippen molar-refractivity contribution in [1.29, 1.82) is 0 Å². The lowest BCUT2D eigenvalue weighted by atomic mass is 9.92. The summed E-state index contributed by atoms with van der Waals surface area (Å²) in [6.45, 7) is 4.05. The summed E-state index contributed by atoms with van der Waals surface area (Å²) in [7, 11) is 0. The number of rotatable bonds is 2. The molecule has 2 aromatic rings. The summed E-state index contributed by atoms with van der Waals surface area (Å²) in [5.74, 6) is 1.72.